The van der Waals surface area contributed by atoms with Crippen LogP contribution in [0.1, 0.15) is 32.3 Å². The van der Waals surface area contributed by atoms with E-state index in [9.17, 15) is 19.2 Å². The molecule has 1 rings (SSSR count). The van der Waals surface area contributed by atoms with Crippen molar-refractivity contribution in [1.82, 2.24) is 10.6 Å². The zero-order valence-electron chi connectivity index (χ0n) is 15.9. The Hall–Kier alpha value is -2.94. The molecular formula is C19H27N3O6. The minimum atomic E-state index is -1.61. The second kappa shape index (κ2) is 11.0. The average molecular weight is 393 g/mol. The van der Waals surface area contributed by atoms with Gasteiger partial charge >= 0.3 is 11.9 Å². The highest BCUT2D eigenvalue weighted by Gasteiger charge is 2.30. The van der Waals surface area contributed by atoms with Crippen LogP contribution in [0.25, 0.3) is 0 Å². The lowest BCUT2D eigenvalue weighted by molar-refractivity contribution is -0.147. The number of nitrogens with two attached hydrogens (primary N) is 1. The van der Waals surface area contributed by atoms with Crippen molar-refractivity contribution >= 4 is 23.8 Å². The summed E-state index contributed by atoms with van der Waals surface area (Å²) in [5.41, 5.74) is 6.65. The largest absolute Gasteiger partial charge is 0.481 e. The van der Waals surface area contributed by atoms with Crippen molar-refractivity contribution in [3.8, 4) is 0 Å². The van der Waals surface area contributed by atoms with Crippen molar-refractivity contribution in [1.29, 1.82) is 0 Å². The number of rotatable bonds is 11. The maximum absolute atomic E-state index is 12.6. The summed E-state index contributed by atoms with van der Waals surface area (Å²) in [6, 6.07) is 5.31. The third kappa shape index (κ3) is 7.36. The minimum absolute atomic E-state index is 0.102. The molecule has 0 saturated heterocycles. The molecule has 9 heteroatoms. The van der Waals surface area contributed by atoms with Crippen LogP contribution in [0.15, 0.2) is 30.3 Å². The van der Waals surface area contributed by atoms with Gasteiger partial charge in [-0.05, 0) is 11.5 Å². The Labute approximate surface area is 163 Å². The Kier molecular flexibility index (Phi) is 9.10. The number of aliphatic carboxylic acids is 2. The second-order valence-electron chi connectivity index (χ2n) is 6.66. The first kappa shape index (κ1) is 23.1. The van der Waals surface area contributed by atoms with E-state index >= 15 is 0 Å². The number of carbonyl (C=O) groups excluding carboxylic acids is 2. The predicted molar refractivity (Wildman–Crippen MR) is 101 cm³/mol. The molecule has 4 atom stereocenters. The van der Waals surface area contributed by atoms with Crippen LogP contribution in [0.5, 0.6) is 0 Å². The summed E-state index contributed by atoms with van der Waals surface area (Å²) >= 11 is 0. The molecule has 0 aliphatic heterocycles. The summed E-state index contributed by atoms with van der Waals surface area (Å²) in [6.45, 7) is 3.69. The van der Waals surface area contributed by atoms with E-state index in [0.29, 0.717) is 6.42 Å². The zero-order valence-corrected chi connectivity index (χ0v) is 15.9. The normalized spacial score (nSPS) is 15.0. The molecule has 28 heavy (non-hydrogen) atoms. The smallest absolute Gasteiger partial charge is 0.326 e. The van der Waals surface area contributed by atoms with Gasteiger partial charge in [0.2, 0.25) is 11.8 Å². The summed E-state index contributed by atoms with van der Waals surface area (Å²) in [7, 11) is 0. The Balaban J connectivity index is 2.98. The van der Waals surface area contributed by atoms with Crippen molar-refractivity contribution in [2.45, 2.75) is 51.2 Å². The van der Waals surface area contributed by atoms with Gasteiger partial charge in [-0.25, -0.2) is 4.79 Å². The van der Waals surface area contributed by atoms with E-state index in [1.807, 2.05) is 13.8 Å². The Bertz CT molecular complexity index is 694. The number of benzene rings is 1. The summed E-state index contributed by atoms with van der Waals surface area (Å²) in [5.74, 6) is -4.27. The van der Waals surface area contributed by atoms with Crippen LogP contribution < -0.4 is 16.4 Å². The molecule has 0 aliphatic carbocycles. The number of carbonyl (C=O) groups is 4. The van der Waals surface area contributed by atoms with Crippen molar-refractivity contribution in [2.24, 2.45) is 11.7 Å². The van der Waals surface area contributed by atoms with Crippen LogP contribution >= 0.6 is 0 Å². The summed E-state index contributed by atoms with van der Waals surface area (Å²) in [5, 5.41) is 22.7. The molecule has 0 radical (unpaired) electrons. The van der Waals surface area contributed by atoms with Gasteiger partial charge in [0, 0.05) is 6.42 Å². The molecule has 6 N–H and O–H groups in total. The van der Waals surface area contributed by atoms with Gasteiger partial charge in [0.25, 0.3) is 0 Å². The Morgan fingerprint density at radius 1 is 1.00 bits per heavy atom. The topological polar surface area (TPSA) is 159 Å². The molecular weight excluding hydrogens is 366 g/mol. The van der Waals surface area contributed by atoms with E-state index in [1.54, 1.807) is 30.3 Å². The molecule has 0 fully saturated rings. The maximum atomic E-state index is 12.6. The van der Waals surface area contributed by atoms with Gasteiger partial charge in [0.1, 0.15) is 12.1 Å². The molecule has 0 aromatic heterocycles. The lowest BCUT2D eigenvalue weighted by Crippen LogP contribution is -2.56. The molecule has 0 heterocycles. The number of amides is 2. The zero-order chi connectivity index (χ0) is 21.3. The van der Waals surface area contributed by atoms with Crippen LogP contribution in [0, 0.1) is 5.92 Å². The highest BCUT2D eigenvalue weighted by molar-refractivity contribution is 5.93. The fraction of sp³-hybridized carbons (Fsp3) is 0.474. The Morgan fingerprint density at radius 2 is 1.57 bits per heavy atom. The molecule has 154 valence electrons. The quantitative estimate of drug-likeness (QED) is 0.357. The number of nitrogens with one attached hydrogen (secondary N) is 2. The van der Waals surface area contributed by atoms with Gasteiger partial charge < -0.3 is 26.6 Å². The van der Waals surface area contributed by atoms with Crippen LogP contribution in [0.3, 0.4) is 0 Å². The first-order valence-electron chi connectivity index (χ1n) is 9.00. The number of hydrogen-bond acceptors (Lipinski definition) is 5. The average Bonchev–Trinajstić information content (AvgIpc) is 2.65. The summed E-state index contributed by atoms with van der Waals surface area (Å²) in [6.07, 6.45) is -0.00561. The molecule has 0 aliphatic rings. The summed E-state index contributed by atoms with van der Waals surface area (Å²) in [4.78, 5) is 47.1. The Morgan fingerprint density at radius 3 is 2.07 bits per heavy atom. The fourth-order valence-electron chi connectivity index (χ4n) is 2.49. The van der Waals surface area contributed by atoms with Crippen LogP contribution in [0.2, 0.25) is 0 Å². The van der Waals surface area contributed by atoms with Crippen LogP contribution in [-0.2, 0) is 25.6 Å². The number of carboxylic acids is 2. The molecule has 1 aromatic carbocycles. The van der Waals surface area contributed by atoms with Gasteiger partial charge in [-0.2, -0.15) is 0 Å². The number of hydrogen-bond donors (Lipinski definition) is 5. The van der Waals surface area contributed by atoms with Crippen molar-refractivity contribution in [3.63, 3.8) is 0 Å². The summed E-state index contributed by atoms with van der Waals surface area (Å²) < 4.78 is 0. The maximum Gasteiger partial charge on any atom is 0.326 e. The number of carboxylic acid groups (broad SMARTS) is 2. The van der Waals surface area contributed by atoms with Crippen molar-refractivity contribution in [3.05, 3.63) is 35.9 Å². The lowest BCUT2D eigenvalue weighted by atomic mass is 9.98. The van der Waals surface area contributed by atoms with Gasteiger partial charge in [-0.3, -0.25) is 14.4 Å². The molecule has 0 bridgehead atoms. The van der Waals surface area contributed by atoms with E-state index in [4.69, 9.17) is 15.9 Å². The monoisotopic (exact) mass is 393 g/mol. The highest BCUT2D eigenvalue weighted by Crippen LogP contribution is 2.08. The van der Waals surface area contributed by atoms with Crippen molar-refractivity contribution in [2.75, 3.05) is 0 Å². The first-order chi connectivity index (χ1) is 13.1. The van der Waals surface area contributed by atoms with Gasteiger partial charge in [0.15, 0.2) is 0 Å². The molecule has 0 saturated carbocycles. The first-order valence-corrected chi connectivity index (χ1v) is 9.00. The predicted octanol–water partition coefficient (Wildman–Crippen LogP) is 0.131. The molecule has 2 amide bonds. The molecule has 0 spiro atoms. The van der Waals surface area contributed by atoms with E-state index in [2.05, 4.69) is 10.6 Å². The van der Waals surface area contributed by atoms with Gasteiger partial charge in [-0.15, -0.1) is 0 Å². The van der Waals surface area contributed by atoms with E-state index in [1.165, 1.54) is 0 Å². The van der Waals surface area contributed by atoms with Gasteiger partial charge in [0.05, 0.1) is 12.5 Å². The second-order valence-corrected chi connectivity index (χ2v) is 6.66. The highest BCUT2D eigenvalue weighted by atomic mass is 16.4. The van der Waals surface area contributed by atoms with Crippen molar-refractivity contribution < 1.29 is 29.4 Å². The molecule has 9 nitrogen and oxygen atoms in total. The molecule has 0 unspecified atom stereocenters. The van der Waals surface area contributed by atoms with E-state index in [-0.39, 0.29) is 12.3 Å². The SMILES string of the molecule is CC[C@H](C)[C@H](N)C(=O)N[C@@H](Cc1ccccc1)C(=O)N[C@@H](CC(=O)O)C(=O)O. The standard InChI is InChI=1S/C19H27N3O6/c1-3-11(2)16(20)18(26)21-13(9-12-7-5-4-6-8-12)17(25)22-14(19(27)28)10-15(23)24/h4-8,11,13-14,16H,3,9-10,20H2,1-2H3,(H,21,26)(H,22,25)(H,23,24)(H,27,28)/t11-,13-,14-,16-/m0/s1. The molecule has 1 aromatic rings. The third-order valence-electron chi connectivity index (χ3n) is 4.47. The third-order valence-corrected chi connectivity index (χ3v) is 4.47. The fourth-order valence-corrected chi connectivity index (χ4v) is 2.49. The van der Waals surface area contributed by atoms with E-state index in [0.717, 1.165) is 5.56 Å². The van der Waals surface area contributed by atoms with Crippen LogP contribution in [0.4, 0.5) is 0 Å². The van der Waals surface area contributed by atoms with Crippen LogP contribution in [-0.4, -0.2) is 52.1 Å². The minimum Gasteiger partial charge on any atom is -0.481 e. The lowest BCUT2D eigenvalue weighted by Gasteiger charge is -2.24. The van der Waals surface area contributed by atoms with Gasteiger partial charge in [-0.1, -0.05) is 50.6 Å². The van der Waals surface area contributed by atoms with E-state index < -0.39 is 48.3 Å².